The average molecular weight is 305 g/mol. The minimum atomic E-state index is -3.38. The van der Waals surface area contributed by atoms with E-state index in [0.29, 0.717) is 5.92 Å². The molecule has 0 atom stereocenters. The van der Waals surface area contributed by atoms with Crippen LogP contribution >= 0.6 is 0 Å². The van der Waals surface area contributed by atoms with E-state index in [1.807, 2.05) is 0 Å². The molecule has 0 aromatic heterocycles. The Morgan fingerprint density at radius 1 is 1.09 bits per heavy atom. The van der Waals surface area contributed by atoms with Crippen LogP contribution in [0.2, 0.25) is 0 Å². The van der Waals surface area contributed by atoms with Gasteiger partial charge in [0.25, 0.3) is 0 Å². The number of hydrogen-bond donors (Lipinski definition) is 0. The first-order chi connectivity index (χ1) is 10.6. The van der Waals surface area contributed by atoms with E-state index >= 15 is 0 Å². The highest BCUT2D eigenvalue weighted by molar-refractivity contribution is 5.31. The molecule has 1 saturated carbocycles. The maximum absolute atomic E-state index is 13.3. The Hall–Kier alpha value is -1.43. The first-order valence-electron chi connectivity index (χ1n) is 8.46. The quantitative estimate of drug-likeness (QED) is 0.578. The second-order valence-electron chi connectivity index (χ2n) is 6.52. The van der Waals surface area contributed by atoms with Gasteiger partial charge < -0.3 is 0 Å². The number of nitrogens with zero attached hydrogens (tertiary/aromatic N) is 1. The van der Waals surface area contributed by atoms with Crippen LogP contribution in [0.3, 0.4) is 0 Å². The monoisotopic (exact) mass is 305 g/mol. The SMILES string of the molecule is CCCCC[C@H]1CC[C@H](c2ccc(C(F)(F)C#N)cc2)CC1. The van der Waals surface area contributed by atoms with E-state index in [2.05, 4.69) is 6.92 Å². The van der Waals surface area contributed by atoms with Gasteiger partial charge in [0.05, 0.1) is 0 Å². The molecule has 0 spiro atoms. The number of benzene rings is 1. The van der Waals surface area contributed by atoms with Crippen LogP contribution in [0.5, 0.6) is 0 Å². The molecule has 1 aliphatic rings. The molecule has 0 heterocycles. The molecule has 2 rings (SSSR count). The van der Waals surface area contributed by atoms with Crippen molar-refractivity contribution in [3.05, 3.63) is 35.4 Å². The highest BCUT2D eigenvalue weighted by atomic mass is 19.3. The van der Waals surface area contributed by atoms with Gasteiger partial charge >= 0.3 is 5.92 Å². The van der Waals surface area contributed by atoms with E-state index in [4.69, 9.17) is 5.26 Å². The minimum absolute atomic E-state index is 0.202. The molecule has 1 aromatic rings. The molecule has 0 amide bonds. The van der Waals surface area contributed by atoms with Gasteiger partial charge in [-0.05, 0) is 43.1 Å². The minimum Gasteiger partial charge on any atom is -0.191 e. The summed E-state index contributed by atoms with van der Waals surface area (Å²) in [5, 5.41) is 8.48. The van der Waals surface area contributed by atoms with Crippen LogP contribution in [-0.2, 0) is 5.92 Å². The highest BCUT2D eigenvalue weighted by Gasteiger charge is 2.31. The first kappa shape index (κ1) is 16.9. The summed E-state index contributed by atoms with van der Waals surface area (Å²) in [6, 6.07) is 7.43. The van der Waals surface area contributed by atoms with Crippen LogP contribution in [0.1, 0.15) is 75.3 Å². The van der Waals surface area contributed by atoms with Gasteiger partial charge in [0, 0.05) is 5.56 Å². The van der Waals surface area contributed by atoms with Crippen molar-refractivity contribution in [1.82, 2.24) is 0 Å². The maximum Gasteiger partial charge on any atom is 0.357 e. The number of alkyl halides is 2. The molecule has 120 valence electrons. The van der Waals surface area contributed by atoms with Gasteiger partial charge in [-0.15, -0.1) is 0 Å². The van der Waals surface area contributed by atoms with Gasteiger partial charge in [-0.3, -0.25) is 0 Å². The second kappa shape index (κ2) is 7.72. The molecule has 0 unspecified atom stereocenters. The summed E-state index contributed by atoms with van der Waals surface area (Å²) in [5.74, 6) is -2.03. The zero-order valence-electron chi connectivity index (χ0n) is 13.3. The largest absolute Gasteiger partial charge is 0.357 e. The third kappa shape index (κ3) is 4.29. The fourth-order valence-corrected chi connectivity index (χ4v) is 3.50. The van der Waals surface area contributed by atoms with Crippen LogP contribution in [0.4, 0.5) is 8.78 Å². The fraction of sp³-hybridized carbons (Fsp3) is 0.632. The van der Waals surface area contributed by atoms with E-state index in [1.54, 1.807) is 12.1 Å². The predicted octanol–water partition coefficient (Wildman–Crippen LogP) is 6.16. The number of rotatable bonds is 6. The molecular formula is C19H25F2N. The Kier molecular flexibility index (Phi) is 5.94. The summed E-state index contributed by atoms with van der Waals surface area (Å²) in [7, 11) is 0. The molecule has 1 aromatic carbocycles. The Labute approximate surface area is 132 Å². The molecule has 0 saturated heterocycles. The molecular weight excluding hydrogens is 280 g/mol. The van der Waals surface area contributed by atoms with Gasteiger partial charge in [0.2, 0.25) is 0 Å². The summed E-state index contributed by atoms with van der Waals surface area (Å²) in [5.41, 5.74) is 0.941. The van der Waals surface area contributed by atoms with Crippen LogP contribution in [-0.4, -0.2) is 0 Å². The molecule has 1 aliphatic carbocycles. The van der Waals surface area contributed by atoms with Crippen molar-refractivity contribution in [3.63, 3.8) is 0 Å². The predicted molar refractivity (Wildman–Crippen MR) is 84.8 cm³/mol. The Balaban J connectivity index is 1.88. The van der Waals surface area contributed by atoms with Gasteiger partial charge in [-0.25, -0.2) is 0 Å². The van der Waals surface area contributed by atoms with Crippen molar-refractivity contribution in [1.29, 1.82) is 5.26 Å². The van der Waals surface area contributed by atoms with Gasteiger partial charge in [-0.2, -0.15) is 14.0 Å². The van der Waals surface area contributed by atoms with Crippen LogP contribution < -0.4 is 0 Å². The van der Waals surface area contributed by atoms with Crippen molar-refractivity contribution in [2.45, 2.75) is 70.1 Å². The summed E-state index contributed by atoms with van der Waals surface area (Å²) in [4.78, 5) is 0. The van der Waals surface area contributed by atoms with Gasteiger partial charge in [0.15, 0.2) is 0 Å². The molecule has 1 fully saturated rings. The lowest BCUT2D eigenvalue weighted by Crippen LogP contribution is -2.14. The molecule has 0 radical (unpaired) electrons. The standard InChI is InChI=1S/C19H25F2N/c1-2-3-4-5-15-6-8-16(9-7-15)17-10-12-18(13-11-17)19(20,21)14-22/h10-13,15-16H,2-9H2,1H3/t15-,16-. The number of unbranched alkanes of at least 4 members (excludes halogenated alkanes) is 2. The van der Waals surface area contributed by atoms with E-state index in [0.717, 1.165) is 30.4 Å². The number of hydrogen-bond acceptors (Lipinski definition) is 1. The van der Waals surface area contributed by atoms with Crippen LogP contribution in [0.15, 0.2) is 24.3 Å². The Morgan fingerprint density at radius 2 is 1.73 bits per heavy atom. The lowest BCUT2D eigenvalue weighted by Gasteiger charge is -2.29. The third-order valence-electron chi connectivity index (χ3n) is 4.95. The summed E-state index contributed by atoms with van der Waals surface area (Å²) in [6.45, 7) is 2.23. The highest BCUT2D eigenvalue weighted by Crippen LogP contribution is 2.38. The molecule has 22 heavy (non-hydrogen) atoms. The molecule has 0 N–H and O–H groups in total. The van der Waals surface area contributed by atoms with Gasteiger partial charge in [-0.1, -0.05) is 56.9 Å². The molecule has 3 heteroatoms. The summed E-state index contributed by atoms with van der Waals surface area (Å²) < 4.78 is 26.6. The van der Waals surface area contributed by atoms with Crippen LogP contribution in [0, 0.1) is 17.2 Å². The van der Waals surface area contributed by atoms with E-state index in [1.165, 1.54) is 50.7 Å². The zero-order chi connectivity index (χ0) is 16.0. The molecule has 0 aliphatic heterocycles. The van der Waals surface area contributed by atoms with Crippen molar-refractivity contribution in [2.75, 3.05) is 0 Å². The maximum atomic E-state index is 13.3. The fourth-order valence-electron chi connectivity index (χ4n) is 3.50. The van der Waals surface area contributed by atoms with E-state index in [9.17, 15) is 8.78 Å². The molecule has 0 bridgehead atoms. The van der Waals surface area contributed by atoms with Crippen molar-refractivity contribution in [3.8, 4) is 6.07 Å². The normalized spacial score (nSPS) is 22.3. The number of nitriles is 1. The van der Waals surface area contributed by atoms with Crippen molar-refractivity contribution < 1.29 is 8.78 Å². The number of halogens is 2. The van der Waals surface area contributed by atoms with Crippen molar-refractivity contribution >= 4 is 0 Å². The topological polar surface area (TPSA) is 23.8 Å². The smallest absolute Gasteiger partial charge is 0.191 e. The lowest BCUT2D eigenvalue weighted by atomic mass is 9.77. The van der Waals surface area contributed by atoms with Crippen molar-refractivity contribution in [2.24, 2.45) is 5.92 Å². The van der Waals surface area contributed by atoms with E-state index in [-0.39, 0.29) is 5.56 Å². The average Bonchev–Trinajstić information content (AvgIpc) is 2.56. The first-order valence-corrected chi connectivity index (χ1v) is 8.46. The molecule has 1 nitrogen and oxygen atoms in total. The zero-order valence-corrected chi connectivity index (χ0v) is 13.3. The van der Waals surface area contributed by atoms with E-state index < -0.39 is 5.92 Å². The second-order valence-corrected chi connectivity index (χ2v) is 6.52. The lowest BCUT2D eigenvalue weighted by molar-refractivity contribution is 0.0612. The van der Waals surface area contributed by atoms with Gasteiger partial charge in [0.1, 0.15) is 6.07 Å². The summed E-state index contributed by atoms with van der Waals surface area (Å²) in [6.07, 6.45) is 10.1. The Morgan fingerprint density at radius 3 is 2.27 bits per heavy atom. The Bertz CT molecular complexity index is 493. The summed E-state index contributed by atoms with van der Waals surface area (Å²) >= 11 is 0. The van der Waals surface area contributed by atoms with Crippen LogP contribution in [0.25, 0.3) is 0 Å². The third-order valence-corrected chi connectivity index (χ3v) is 4.95.